The highest BCUT2D eigenvalue weighted by Crippen LogP contribution is 1.82. The van der Waals surface area contributed by atoms with E-state index in [2.05, 4.69) is 4.72 Å². The molecule has 7 heteroatoms. The van der Waals surface area contributed by atoms with E-state index in [1.54, 1.807) is 6.92 Å². The van der Waals surface area contributed by atoms with E-state index >= 15 is 0 Å². The van der Waals surface area contributed by atoms with Gasteiger partial charge in [0.05, 0.1) is 0 Å². The molecule has 0 aromatic heterocycles. The van der Waals surface area contributed by atoms with Crippen LogP contribution in [0.15, 0.2) is 0 Å². The average Bonchev–Trinajstić information content (AvgIpc) is 1.86. The number of amides is 1. The summed E-state index contributed by atoms with van der Waals surface area (Å²) >= 11 is 5.02. The van der Waals surface area contributed by atoms with Crippen molar-refractivity contribution in [2.24, 2.45) is 0 Å². The number of carbonyl (C=O) groups excluding carboxylic acids is 1. The second kappa shape index (κ2) is 4.53. The van der Waals surface area contributed by atoms with Crippen LogP contribution in [0.2, 0.25) is 0 Å². The van der Waals surface area contributed by atoms with Gasteiger partial charge in [0.25, 0.3) is 5.91 Å². The van der Waals surface area contributed by atoms with Crippen LogP contribution in [0.25, 0.3) is 0 Å². The summed E-state index contributed by atoms with van der Waals surface area (Å²) in [5.74, 6) is -1.29. The molecule has 0 aliphatic heterocycles. The van der Waals surface area contributed by atoms with Crippen molar-refractivity contribution in [3.63, 3.8) is 0 Å². The molecule has 0 rings (SSSR count). The number of rotatable bonds is 4. The van der Waals surface area contributed by atoms with E-state index < -0.39 is 22.0 Å². The highest BCUT2D eigenvalue weighted by Gasteiger charge is 2.13. The molecule has 11 heavy (non-hydrogen) atoms. The Bertz CT molecular complexity index is 225. The van der Waals surface area contributed by atoms with Gasteiger partial charge in [0.1, 0.15) is 5.88 Å². The summed E-state index contributed by atoms with van der Waals surface area (Å²) < 4.78 is 26.1. The summed E-state index contributed by atoms with van der Waals surface area (Å²) in [6, 6.07) is 0. The molecular formula is C4H8ClN2O3S. The summed E-state index contributed by atoms with van der Waals surface area (Å²) in [5, 5.41) is 0. The summed E-state index contributed by atoms with van der Waals surface area (Å²) in [4.78, 5) is 10.4. The minimum absolute atomic E-state index is 0.196. The first-order chi connectivity index (χ1) is 5.02. The topological polar surface area (TPSA) is 77.3 Å². The van der Waals surface area contributed by atoms with Crippen LogP contribution in [0.4, 0.5) is 0 Å². The van der Waals surface area contributed by atoms with Crippen molar-refractivity contribution in [1.29, 1.82) is 0 Å². The summed E-state index contributed by atoms with van der Waals surface area (Å²) in [6.45, 7) is 1.78. The van der Waals surface area contributed by atoms with E-state index in [1.807, 2.05) is 4.72 Å². The van der Waals surface area contributed by atoms with Gasteiger partial charge in [-0.1, -0.05) is 6.92 Å². The first-order valence-electron chi connectivity index (χ1n) is 2.83. The van der Waals surface area contributed by atoms with Crippen LogP contribution in [0.1, 0.15) is 6.92 Å². The van der Waals surface area contributed by atoms with Gasteiger partial charge in [-0.2, -0.15) is 13.1 Å². The normalized spacial score (nSPS) is 11.1. The van der Waals surface area contributed by atoms with Crippen LogP contribution >= 0.6 is 11.6 Å². The molecule has 0 aliphatic rings. The first-order valence-corrected chi connectivity index (χ1v) is 4.80. The zero-order valence-electron chi connectivity index (χ0n) is 5.87. The van der Waals surface area contributed by atoms with Crippen LogP contribution in [-0.2, 0) is 15.0 Å². The Morgan fingerprint density at radius 1 is 1.64 bits per heavy atom. The Hall–Kier alpha value is -0.330. The van der Waals surface area contributed by atoms with Crippen molar-refractivity contribution in [2.75, 3.05) is 12.4 Å². The molecule has 0 saturated carbocycles. The maximum Gasteiger partial charge on any atom is 0.323 e. The molecule has 0 aromatic rings. The molecule has 0 heterocycles. The van der Waals surface area contributed by atoms with Crippen LogP contribution < -0.4 is 9.44 Å². The molecule has 1 amide bonds. The van der Waals surface area contributed by atoms with E-state index in [1.165, 1.54) is 0 Å². The third-order valence-corrected chi connectivity index (χ3v) is 1.99. The number of nitrogens with zero attached hydrogens (tertiary/aromatic N) is 1. The van der Waals surface area contributed by atoms with Gasteiger partial charge in [-0.3, -0.25) is 4.79 Å². The maximum absolute atomic E-state index is 10.6. The summed E-state index contributed by atoms with van der Waals surface area (Å²) in [7, 11) is -3.80. The second-order valence-electron chi connectivity index (χ2n) is 1.59. The molecule has 0 unspecified atom stereocenters. The molecule has 0 aromatic carbocycles. The minimum Gasteiger partial charge on any atom is -0.270 e. The van der Waals surface area contributed by atoms with Gasteiger partial charge in [-0.15, -0.1) is 16.3 Å². The van der Waals surface area contributed by atoms with Crippen LogP contribution in [0.5, 0.6) is 0 Å². The lowest BCUT2D eigenvalue weighted by molar-refractivity contribution is -0.117. The fraction of sp³-hybridized carbons (Fsp3) is 0.750. The van der Waals surface area contributed by atoms with Gasteiger partial charge in [-0.25, -0.2) is 0 Å². The lowest BCUT2D eigenvalue weighted by Gasteiger charge is -1.99. The fourth-order valence-corrected chi connectivity index (χ4v) is 1.27. The number of carbonyl (C=O) groups is 1. The third-order valence-electron chi connectivity index (χ3n) is 0.663. The predicted molar refractivity (Wildman–Crippen MR) is 40.5 cm³/mol. The molecule has 5 nitrogen and oxygen atoms in total. The van der Waals surface area contributed by atoms with Gasteiger partial charge in [0.15, 0.2) is 0 Å². The minimum atomic E-state index is -3.80. The number of alkyl halides is 1. The zero-order chi connectivity index (χ0) is 8.91. The Morgan fingerprint density at radius 2 is 2.18 bits per heavy atom. The lowest BCUT2D eigenvalue weighted by atomic mass is 10.8. The number of halogens is 1. The Morgan fingerprint density at radius 3 is 2.55 bits per heavy atom. The monoisotopic (exact) mass is 199 g/mol. The molecular weight excluding hydrogens is 192 g/mol. The largest absolute Gasteiger partial charge is 0.323 e. The molecule has 0 bridgehead atoms. The second-order valence-corrected chi connectivity index (χ2v) is 3.28. The molecule has 0 atom stereocenters. The molecule has 0 saturated heterocycles. The maximum atomic E-state index is 10.6. The number of hydrogen-bond donors (Lipinski definition) is 1. The molecule has 0 spiro atoms. The van der Waals surface area contributed by atoms with Gasteiger partial charge in [0.2, 0.25) is 0 Å². The van der Waals surface area contributed by atoms with Crippen molar-refractivity contribution in [3.8, 4) is 0 Å². The molecule has 65 valence electrons. The molecule has 0 fully saturated rings. The average molecular weight is 200 g/mol. The lowest BCUT2D eigenvalue weighted by Crippen LogP contribution is -2.35. The quantitative estimate of drug-likeness (QED) is 0.603. The molecule has 0 aliphatic carbocycles. The van der Waals surface area contributed by atoms with E-state index in [0.717, 1.165) is 0 Å². The van der Waals surface area contributed by atoms with Crippen LogP contribution in [-0.4, -0.2) is 26.7 Å². The number of hydrogen-bond acceptors (Lipinski definition) is 3. The van der Waals surface area contributed by atoms with Gasteiger partial charge < -0.3 is 0 Å². The van der Waals surface area contributed by atoms with Crippen molar-refractivity contribution >= 4 is 27.7 Å². The highest BCUT2D eigenvalue weighted by atomic mass is 35.5. The van der Waals surface area contributed by atoms with Crippen molar-refractivity contribution in [2.45, 2.75) is 6.92 Å². The van der Waals surface area contributed by atoms with E-state index in [-0.39, 0.29) is 6.54 Å². The Kier molecular flexibility index (Phi) is 4.39. The van der Waals surface area contributed by atoms with Crippen molar-refractivity contribution < 1.29 is 13.2 Å². The highest BCUT2D eigenvalue weighted by molar-refractivity contribution is 7.88. The third kappa shape index (κ3) is 5.00. The van der Waals surface area contributed by atoms with Gasteiger partial charge >= 0.3 is 10.2 Å². The summed E-state index contributed by atoms with van der Waals surface area (Å²) in [5.41, 5.74) is 0. The predicted octanol–water partition coefficient (Wildman–Crippen LogP) is -0.790. The Balaban J connectivity index is 4.03. The van der Waals surface area contributed by atoms with Crippen LogP contribution in [0, 0.1) is 0 Å². The van der Waals surface area contributed by atoms with Crippen molar-refractivity contribution in [3.05, 3.63) is 0 Å². The molecule has 1 N–H and O–H groups in total. The SMILES string of the molecule is CCNS(=O)(=O)[N]C(=O)CCl. The van der Waals surface area contributed by atoms with Gasteiger partial charge in [-0.05, 0) is 0 Å². The smallest absolute Gasteiger partial charge is 0.270 e. The van der Waals surface area contributed by atoms with Crippen molar-refractivity contribution in [1.82, 2.24) is 9.44 Å². The Labute approximate surface area is 70.3 Å². The molecule has 1 radical (unpaired) electrons. The van der Waals surface area contributed by atoms with E-state index in [9.17, 15) is 13.2 Å². The zero-order valence-corrected chi connectivity index (χ0v) is 7.44. The summed E-state index contributed by atoms with van der Waals surface area (Å²) in [6.07, 6.45) is 0. The number of nitrogens with one attached hydrogen (secondary N) is 1. The van der Waals surface area contributed by atoms with E-state index in [0.29, 0.717) is 0 Å². The fourth-order valence-electron chi connectivity index (χ4n) is 0.373. The van der Waals surface area contributed by atoms with E-state index in [4.69, 9.17) is 11.6 Å². The standard InChI is InChI=1S/C4H8ClN2O3S/c1-2-6-11(9,10)7-4(8)3-5/h6H,2-3H2,1H3. The first kappa shape index (κ1) is 10.7. The van der Waals surface area contributed by atoms with Gasteiger partial charge in [0, 0.05) is 6.54 Å². The van der Waals surface area contributed by atoms with Crippen LogP contribution in [0.3, 0.4) is 0 Å².